The summed E-state index contributed by atoms with van der Waals surface area (Å²) in [5.74, 6) is 0.285. The molecule has 2 bridgehead atoms. The Balaban J connectivity index is 1.53. The van der Waals surface area contributed by atoms with Gasteiger partial charge in [-0.25, -0.2) is 4.79 Å². The molecule has 4 atom stereocenters. The maximum atomic E-state index is 12.5. The minimum atomic E-state index is -1.03. The summed E-state index contributed by atoms with van der Waals surface area (Å²) in [6, 6.07) is 4.35. The van der Waals surface area contributed by atoms with Gasteiger partial charge in [0.05, 0.1) is 6.61 Å². The Morgan fingerprint density at radius 2 is 2.13 bits per heavy atom. The molecule has 1 saturated carbocycles. The van der Waals surface area contributed by atoms with E-state index in [0.29, 0.717) is 18.1 Å². The average molecular weight is 313 g/mol. The van der Waals surface area contributed by atoms with E-state index in [4.69, 9.17) is 4.74 Å². The Hall–Kier alpha value is -2.30. The summed E-state index contributed by atoms with van der Waals surface area (Å²) in [5, 5.41) is 12.3. The first-order valence-electron chi connectivity index (χ1n) is 8.09. The summed E-state index contributed by atoms with van der Waals surface area (Å²) < 4.78 is 5.45. The van der Waals surface area contributed by atoms with Gasteiger partial charge in [0.2, 0.25) is 5.91 Å². The summed E-state index contributed by atoms with van der Waals surface area (Å²) in [7, 11) is 0. The molecule has 5 nitrogen and oxygen atoms in total. The van der Waals surface area contributed by atoms with E-state index in [1.807, 2.05) is 6.07 Å². The Morgan fingerprint density at radius 1 is 1.26 bits per heavy atom. The normalized spacial score (nSPS) is 28.3. The van der Waals surface area contributed by atoms with Gasteiger partial charge in [-0.2, -0.15) is 0 Å². The third kappa shape index (κ3) is 2.50. The predicted octanol–water partition coefficient (Wildman–Crippen LogP) is 2.08. The van der Waals surface area contributed by atoms with Crippen molar-refractivity contribution in [3.05, 3.63) is 41.5 Å². The smallest absolute Gasteiger partial charge is 0.330 e. The van der Waals surface area contributed by atoms with E-state index >= 15 is 0 Å². The molecule has 1 heterocycles. The number of ether oxygens (including phenoxy) is 1. The van der Waals surface area contributed by atoms with E-state index in [1.54, 1.807) is 12.1 Å². The van der Waals surface area contributed by atoms with Gasteiger partial charge in [-0.1, -0.05) is 18.2 Å². The van der Waals surface area contributed by atoms with Gasteiger partial charge in [0, 0.05) is 12.3 Å². The minimum Gasteiger partial charge on any atom is -0.493 e. The fourth-order valence-corrected chi connectivity index (χ4v) is 4.01. The summed E-state index contributed by atoms with van der Waals surface area (Å²) in [6.07, 6.45) is 6.90. The van der Waals surface area contributed by atoms with Gasteiger partial charge in [-0.05, 0) is 47.9 Å². The maximum absolute atomic E-state index is 12.5. The Kier molecular flexibility index (Phi) is 3.36. The SMILES string of the molecule is O=C(O)C(NC(=O)C1CC2C=CC1C2)c1ccc2c(c1)CCO2. The zero-order valence-electron chi connectivity index (χ0n) is 12.7. The van der Waals surface area contributed by atoms with Crippen molar-refractivity contribution in [2.24, 2.45) is 17.8 Å². The molecule has 0 spiro atoms. The second-order valence-electron chi connectivity index (χ2n) is 6.63. The van der Waals surface area contributed by atoms with Crippen molar-refractivity contribution in [1.29, 1.82) is 0 Å². The first-order chi connectivity index (χ1) is 11.1. The summed E-state index contributed by atoms with van der Waals surface area (Å²) >= 11 is 0. The first kappa shape index (κ1) is 14.3. The molecule has 120 valence electrons. The van der Waals surface area contributed by atoms with E-state index in [2.05, 4.69) is 17.5 Å². The molecule has 0 aromatic heterocycles. The van der Waals surface area contributed by atoms with Crippen LogP contribution in [-0.2, 0) is 16.0 Å². The van der Waals surface area contributed by atoms with Crippen LogP contribution in [0.3, 0.4) is 0 Å². The van der Waals surface area contributed by atoms with Gasteiger partial charge in [0.15, 0.2) is 6.04 Å². The topological polar surface area (TPSA) is 75.6 Å². The number of nitrogens with one attached hydrogen (secondary N) is 1. The molecule has 3 aliphatic rings. The number of carbonyl (C=O) groups excluding carboxylic acids is 1. The van der Waals surface area contributed by atoms with Gasteiger partial charge < -0.3 is 15.2 Å². The Bertz CT molecular complexity index is 696. The first-order valence-corrected chi connectivity index (χ1v) is 8.09. The molecule has 0 radical (unpaired) electrons. The number of amides is 1. The average Bonchev–Trinajstić information content (AvgIpc) is 3.26. The zero-order chi connectivity index (χ0) is 16.0. The molecule has 1 aromatic carbocycles. The van der Waals surface area contributed by atoms with Crippen LogP contribution in [0.4, 0.5) is 0 Å². The molecule has 0 saturated heterocycles. The summed E-state index contributed by atoms with van der Waals surface area (Å²) in [6.45, 7) is 0.625. The number of carbonyl (C=O) groups is 2. The Morgan fingerprint density at radius 3 is 2.83 bits per heavy atom. The second-order valence-corrected chi connectivity index (χ2v) is 6.63. The van der Waals surface area contributed by atoms with Crippen molar-refractivity contribution in [2.45, 2.75) is 25.3 Å². The van der Waals surface area contributed by atoms with Crippen LogP contribution in [0.1, 0.15) is 30.0 Å². The molecule has 4 rings (SSSR count). The van der Waals surface area contributed by atoms with E-state index in [9.17, 15) is 14.7 Å². The highest BCUT2D eigenvalue weighted by atomic mass is 16.5. The number of hydrogen-bond donors (Lipinski definition) is 2. The van der Waals surface area contributed by atoms with Crippen LogP contribution < -0.4 is 10.1 Å². The number of rotatable bonds is 4. The third-order valence-corrected chi connectivity index (χ3v) is 5.20. The number of aliphatic carboxylic acids is 1. The van der Waals surface area contributed by atoms with Crippen LogP contribution in [-0.4, -0.2) is 23.6 Å². The molecule has 4 unspecified atom stereocenters. The van der Waals surface area contributed by atoms with Crippen molar-refractivity contribution >= 4 is 11.9 Å². The fourth-order valence-electron chi connectivity index (χ4n) is 4.01. The van der Waals surface area contributed by atoms with Crippen molar-refractivity contribution in [3.63, 3.8) is 0 Å². The molecule has 23 heavy (non-hydrogen) atoms. The predicted molar refractivity (Wildman–Crippen MR) is 83.0 cm³/mol. The standard InChI is InChI=1S/C18H19NO4/c20-17(14-8-10-1-2-11(14)7-10)19-16(18(21)22)13-3-4-15-12(9-13)5-6-23-15/h1-4,9-11,14,16H,5-8H2,(H,19,20)(H,21,22). The summed E-state index contributed by atoms with van der Waals surface area (Å²) in [4.78, 5) is 24.2. The lowest BCUT2D eigenvalue weighted by Crippen LogP contribution is -2.39. The lowest BCUT2D eigenvalue weighted by atomic mass is 9.92. The monoisotopic (exact) mass is 313 g/mol. The van der Waals surface area contributed by atoms with Gasteiger partial charge in [-0.3, -0.25) is 4.79 Å². The molecule has 1 aromatic rings. The highest BCUT2D eigenvalue weighted by Gasteiger charge is 2.41. The van der Waals surface area contributed by atoms with Crippen LogP contribution in [0, 0.1) is 17.8 Å². The molecular formula is C18H19NO4. The third-order valence-electron chi connectivity index (χ3n) is 5.20. The van der Waals surface area contributed by atoms with E-state index < -0.39 is 12.0 Å². The molecule has 2 aliphatic carbocycles. The van der Waals surface area contributed by atoms with Crippen LogP contribution in [0.5, 0.6) is 5.75 Å². The van der Waals surface area contributed by atoms with E-state index in [-0.39, 0.29) is 17.7 Å². The minimum absolute atomic E-state index is 0.0930. The second kappa shape index (κ2) is 5.41. The lowest BCUT2D eigenvalue weighted by Gasteiger charge is -2.21. The molecular weight excluding hydrogens is 294 g/mol. The number of carboxylic acid groups (broad SMARTS) is 1. The van der Waals surface area contributed by atoms with E-state index in [0.717, 1.165) is 30.6 Å². The van der Waals surface area contributed by atoms with Gasteiger partial charge in [-0.15, -0.1) is 0 Å². The van der Waals surface area contributed by atoms with Crippen molar-refractivity contribution in [2.75, 3.05) is 6.61 Å². The molecule has 1 fully saturated rings. The zero-order valence-corrected chi connectivity index (χ0v) is 12.7. The van der Waals surface area contributed by atoms with Gasteiger partial charge >= 0.3 is 5.97 Å². The Labute approximate surface area is 134 Å². The quantitative estimate of drug-likeness (QED) is 0.835. The molecule has 1 aliphatic heterocycles. The number of carboxylic acids is 1. The number of fused-ring (bicyclic) bond motifs is 3. The summed E-state index contributed by atoms with van der Waals surface area (Å²) in [5.41, 5.74) is 1.61. The number of hydrogen-bond acceptors (Lipinski definition) is 3. The van der Waals surface area contributed by atoms with Crippen LogP contribution in [0.25, 0.3) is 0 Å². The number of benzene rings is 1. The largest absolute Gasteiger partial charge is 0.493 e. The van der Waals surface area contributed by atoms with Gasteiger partial charge in [0.1, 0.15) is 5.75 Å². The maximum Gasteiger partial charge on any atom is 0.330 e. The molecule has 2 N–H and O–H groups in total. The number of allylic oxidation sites excluding steroid dienone is 2. The highest BCUT2D eigenvalue weighted by molar-refractivity contribution is 5.86. The van der Waals surface area contributed by atoms with E-state index in [1.165, 1.54) is 0 Å². The van der Waals surface area contributed by atoms with Crippen molar-refractivity contribution in [1.82, 2.24) is 5.32 Å². The highest BCUT2D eigenvalue weighted by Crippen LogP contribution is 2.43. The van der Waals surface area contributed by atoms with Crippen LogP contribution in [0.2, 0.25) is 0 Å². The lowest BCUT2D eigenvalue weighted by molar-refractivity contribution is -0.142. The molecule has 5 heteroatoms. The fraction of sp³-hybridized carbons (Fsp3) is 0.444. The molecule has 1 amide bonds. The van der Waals surface area contributed by atoms with Crippen molar-refractivity contribution in [3.8, 4) is 5.75 Å². The van der Waals surface area contributed by atoms with Gasteiger partial charge in [0.25, 0.3) is 0 Å². The van der Waals surface area contributed by atoms with Crippen LogP contribution in [0.15, 0.2) is 30.4 Å². The van der Waals surface area contributed by atoms with Crippen LogP contribution >= 0.6 is 0 Å². The van der Waals surface area contributed by atoms with Crippen molar-refractivity contribution < 1.29 is 19.4 Å².